The van der Waals surface area contributed by atoms with Crippen LogP contribution in [0.2, 0.25) is 0 Å². The summed E-state index contributed by atoms with van der Waals surface area (Å²) in [4.78, 5) is 32.8. The number of carbonyl (C=O) groups is 2. The van der Waals surface area contributed by atoms with E-state index in [0.717, 1.165) is 6.42 Å². The summed E-state index contributed by atoms with van der Waals surface area (Å²) in [6, 6.07) is 5.52. The van der Waals surface area contributed by atoms with Gasteiger partial charge >= 0.3 is 0 Å². The number of amides is 2. The molecule has 0 aromatic heterocycles. The minimum absolute atomic E-state index is 0.119. The van der Waals surface area contributed by atoms with Crippen molar-refractivity contribution in [2.24, 2.45) is 0 Å². The molecule has 21 heavy (non-hydrogen) atoms. The zero-order valence-electron chi connectivity index (χ0n) is 11.6. The lowest BCUT2D eigenvalue weighted by Gasteiger charge is -2.07. The minimum atomic E-state index is -0.551. The van der Waals surface area contributed by atoms with Gasteiger partial charge in [-0.15, -0.1) is 0 Å². The van der Waals surface area contributed by atoms with E-state index in [9.17, 15) is 19.7 Å². The Kier molecular flexibility index (Phi) is 6.66. The third kappa shape index (κ3) is 6.37. The molecule has 0 fully saturated rings. The van der Waals surface area contributed by atoms with Gasteiger partial charge in [0.25, 0.3) is 11.6 Å². The highest BCUT2D eigenvalue weighted by Gasteiger charge is 2.09. The average Bonchev–Trinajstić information content (AvgIpc) is 2.49. The van der Waals surface area contributed by atoms with Crippen LogP contribution in [0, 0.1) is 10.1 Å². The van der Waals surface area contributed by atoms with Gasteiger partial charge in [0.2, 0.25) is 5.91 Å². The third-order valence-electron chi connectivity index (χ3n) is 2.42. The summed E-state index contributed by atoms with van der Waals surface area (Å²) < 4.78 is 5.12. The van der Waals surface area contributed by atoms with Gasteiger partial charge in [-0.3, -0.25) is 19.7 Å². The van der Waals surface area contributed by atoms with Crippen molar-refractivity contribution in [1.82, 2.24) is 10.6 Å². The van der Waals surface area contributed by atoms with Crippen molar-refractivity contribution in [3.63, 3.8) is 0 Å². The average molecular weight is 295 g/mol. The van der Waals surface area contributed by atoms with Crippen molar-refractivity contribution in [2.75, 3.05) is 19.7 Å². The highest BCUT2D eigenvalue weighted by molar-refractivity contribution is 5.85. The number of nitrogens with one attached hydrogen (secondary N) is 2. The third-order valence-corrected chi connectivity index (χ3v) is 2.42. The van der Waals surface area contributed by atoms with E-state index in [-0.39, 0.29) is 30.5 Å². The van der Waals surface area contributed by atoms with Crippen LogP contribution in [0.15, 0.2) is 24.3 Å². The van der Waals surface area contributed by atoms with Crippen molar-refractivity contribution in [3.8, 4) is 5.75 Å². The number of carbonyl (C=O) groups excluding carboxylic acids is 2. The molecule has 0 spiro atoms. The fourth-order valence-electron chi connectivity index (χ4n) is 1.39. The van der Waals surface area contributed by atoms with Gasteiger partial charge in [-0.25, -0.2) is 0 Å². The summed E-state index contributed by atoms with van der Waals surface area (Å²) in [6.07, 6.45) is 0.815. The van der Waals surface area contributed by atoms with Gasteiger partial charge in [0.1, 0.15) is 5.75 Å². The van der Waals surface area contributed by atoms with Crippen LogP contribution < -0.4 is 15.4 Å². The van der Waals surface area contributed by atoms with Crippen LogP contribution in [0.25, 0.3) is 0 Å². The number of nitro benzene ring substituents is 1. The van der Waals surface area contributed by atoms with Crippen molar-refractivity contribution in [2.45, 2.75) is 13.3 Å². The van der Waals surface area contributed by atoms with Gasteiger partial charge in [-0.05, 0) is 12.5 Å². The van der Waals surface area contributed by atoms with Crippen molar-refractivity contribution in [3.05, 3.63) is 34.4 Å². The van der Waals surface area contributed by atoms with E-state index >= 15 is 0 Å². The van der Waals surface area contributed by atoms with Gasteiger partial charge in [0, 0.05) is 12.6 Å². The van der Waals surface area contributed by atoms with Crippen LogP contribution in [0.3, 0.4) is 0 Å². The quantitative estimate of drug-likeness (QED) is 0.539. The largest absolute Gasteiger partial charge is 0.484 e. The number of ether oxygens (including phenoxy) is 1. The van der Waals surface area contributed by atoms with Crippen molar-refractivity contribution >= 4 is 17.5 Å². The molecule has 0 aliphatic rings. The van der Waals surface area contributed by atoms with Crippen LogP contribution in [-0.2, 0) is 9.59 Å². The van der Waals surface area contributed by atoms with Crippen LogP contribution in [0.1, 0.15) is 13.3 Å². The molecule has 0 radical (unpaired) electrons. The number of hydrogen-bond acceptors (Lipinski definition) is 5. The maximum atomic E-state index is 11.5. The molecule has 0 saturated heterocycles. The molecule has 2 N–H and O–H groups in total. The molecule has 114 valence electrons. The number of rotatable bonds is 8. The maximum Gasteiger partial charge on any atom is 0.273 e. The molecular formula is C13H17N3O5. The van der Waals surface area contributed by atoms with Crippen LogP contribution in [0.5, 0.6) is 5.75 Å². The van der Waals surface area contributed by atoms with Gasteiger partial charge in [0.15, 0.2) is 6.61 Å². The second-order valence-electron chi connectivity index (χ2n) is 4.17. The Labute approximate surface area is 121 Å². The topological polar surface area (TPSA) is 111 Å². The first-order valence-corrected chi connectivity index (χ1v) is 6.43. The smallest absolute Gasteiger partial charge is 0.273 e. The lowest BCUT2D eigenvalue weighted by atomic mass is 10.3. The van der Waals surface area contributed by atoms with E-state index in [1.165, 1.54) is 24.3 Å². The molecular weight excluding hydrogens is 278 g/mol. The van der Waals surface area contributed by atoms with Crippen molar-refractivity contribution < 1.29 is 19.2 Å². The predicted octanol–water partition coefficient (Wildman–Crippen LogP) is 0.616. The monoisotopic (exact) mass is 295 g/mol. The van der Waals surface area contributed by atoms with Crippen LogP contribution >= 0.6 is 0 Å². The molecule has 1 rings (SSSR count). The van der Waals surface area contributed by atoms with E-state index in [0.29, 0.717) is 6.54 Å². The minimum Gasteiger partial charge on any atom is -0.484 e. The Bertz CT molecular complexity index is 518. The number of non-ortho nitro benzene ring substituents is 1. The number of nitro groups is 1. The van der Waals surface area contributed by atoms with Gasteiger partial charge < -0.3 is 15.4 Å². The Morgan fingerprint density at radius 3 is 2.71 bits per heavy atom. The molecule has 1 aromatic rings. The fourth-order valence-corrected chi connectivity index (χ4v) is 1.39. The van der Waals surface area contributed by atoms with Gasteiger partial charge in [-0.2, -0.15) is 0 Å². The molecule has 0 bridgehead atoms. The lowest BCUT2D eigenvalue weighted by molar-refractivity contribution is -0.384. The van der Waals surface area contributed by atoms with Gasteiger partial charge in [-0.1, -0.05) is 13.0 Å². The molecule has 0 heterocycles. The standard InChI is InChI=1S/C13H17N3O5/c1-2-6-14-12(17)8-15-13(18)9-21-11-5-3-4-10(7-11)16(19)20/h3-5,7H,2,6,8-9H2,1H3,(H,14,17)(H,15,18). The van der Waals surface area contributed by atoms with E-state index in [1.54, 1.807) is 0 Å². The van der Waals surface area contributed by atoms with E-state index in [4.69, 9.17) is 4.74 Å². The fraction of sp³-hybridized carbons (Fsp3) is 0.385. The van der Waals surface area contributed by atoms with Gasteiger partial charge in [0.05, 0.1) is 17.5 Å². The zero-order chi connectivity index (χ0) is 15.7. The lowest BCUT2D eigenvalue weighted by Crippen LogP contribution is -2.39. The van der Waals surface area contributed by atoms with Crippen LogP contribution in [0.4, 0.5) is 5.69 Å². The molecule has 1 aromatic carbocycles. The highest BCUT2D eigenvalue weighted by Crippen LogP contribution is 2.18. The summed E-state index contributed by atoms with van der Waals surface area (Å²) in [5.74, 6) is -0.538. The second-order valence-corrected chi connectivity index (χ2v) is 4.17. The summed E-state index contributed by atoms with van der Waals surface area (Å²) in [6.45, 7) is 2.03. The number of benzene rings is 1. The first-order chi connectivity index (χ1) is 10.0. The summed E-state index contributed by atoms with van der Waals surface area (Å²) in [5, 5.41) is 15.6. The molecule has 0 aliphatic heterocycles. The zero-order valence-corrected chi connectivity index (χ0v) is 11.6. The molecule has 8 heteroatoms. The van der Waals surface area contributed by atoms with E-state index < -0.39 is 10.8 Å². The maximum absolute atomic E-state index is 11.5. The molecule has 0 unspecified atom stereocenters. The highest BCUT2D eigenvalue weighted by atomic mass is 16.6. The molecule has 0 atom stereocenters. The first kappa shape index (κ1) is 16.4. The second kappa shape index (κ2) is 8.51. The first-order valence-electron chi connectivity index (χ1n) is 6.43. The SMILES string of the molecule is CCCNC(=O)CNC(=O)COc1cccc([N+](=O)[O-])c1. The molecule has 0 saturated carbocycles. The summed E-state index contributed by atoms with van der Waals surface area (Å²) in [7, 11) is 0. The normalized spacial score (nSPS) is 9.76. The van der Waals surface area contributed by atoms with E-state index in [1.807, 2.05) is 6.92 Å². The van der Waals surface area contributed by atoms with Crippen LogP contribution in [-0.4, -0.2) is 36.4 Å². The Balaban J connectivity index is 2.34. The molecule has 2 amide bonds. The van der Waals surface area contributed by atoms with E-state index in [2.05, 4.69) is 10.6 Å². The molecule has 0 aliphatic carbocycles. The Morgan fingerprint density at radius 1 is 1.29 bits per heavy atom. The summed E-state index contributed by atoms with van der Waals surface area (Å²) in [5.41, 5.74) is -0.119. The summed E-state index contributed by atoms with van der Waals surface area (Å²) >= 11 is 0. The number of nitrogens with zero attached hydrogens (tertiary/aromatic N) is 1. The Morgan fingerprint density at radius 2 is 2.05 bits per heavy atom. The number of hydrogen-bond donors (Lipinski definition) is 2. The molecule has 8 nitrogen and oxygen atoms in total. The Hall–Kier alpha value is -2.64. The predicted molar refractivity (Wildman–Crippen MR) is 74.9 cm³/mol. The van der Waals surface area contributed by atoms with Crippen molar-refractivity contribution in [1.29, 1.82) is 0 Å².